The first-order valence-corrected chi connectivity index (χ1v) is 5.24. The second-order valence-corrected chi connectivity index (χ2v) is 4.18. The van der Waals surface area contributed by atoms with Crippen molar-refractivity contribution in [2.24, 2.45) is 5.41 Å². The maximum atomic E-state index is 9.16. The lowest BCUT2D eigenvalue weighted by atomic mass is 9.93. The normalized spacial score (nSPS) is 11.2. The molecule has 0 saturated heterocycles. The van der Waals surface area contributed by atoms with E-state index in [9.17, 15) is 0 Å². The van der Waals surface area contributed by atoms with Crippen LogP contribution < -0.4 is 10.1 Å². The van der Waals surface area contributed by atoms with E-state index in [2.05, 4.69) is 5.32 Å². The summed E-state index contributed by atoms with van der Waals surface area (Å²) in [5, 5.41) is 21.5. The topological polar surface area (TPSA) is 61.7 Å². The molecule has 4 heteroatoms. The zero-order valence-electron chi connectivity index (χ0n) is 9.73. The fraction of sp³-hybridized carbons (Fsp3) is 0.500. The summed E-state index contributed by atoms with van der Waals surface area (Å²) in [7, 11) is 1.61. The van der Waals surface area contributed by atoms with Gasteiger partial charge in [0.2, 0.25) is 0 Å². The zero-order chi connectivity index (χ0) is 12.0. The summed E-state index contributed by atoms with van der Waals surface area (Å²) < 4.78 is 5.19. The second kappa shape index (κ2) is 5.72. The van der Waals surface area contributed by atoms with Gasteiger partial charge in [0.1, 0.15) is 5.75 Å². The van der Waals surface area contributed by atoms with Crippen molar-refractivity contribution in [2.45, 2.75) is 6.92 Å². The Labute approximate surface area is 95.9 Å². The summed E-state index contributed by atoms with van der Waals surface area (Å²) in [4.78, 5) is 0. The van der Waals surface area contributed by atoms with Crippen molar-refractivity contribution in [3.63, 3.8) is 0 Å². The number of benzene rings is 1. The molecule has 90 valence electrons. The quantitative estimate of drug-likeness (QED) is 0.678. The summed E-state index contributed by atoms with van der Waals surface area (Å²) in [5.41, 5.74) is 0.332. The average molecular weight is 225 g/mol. The SMILES string of the molecule is COc1ccccc1NCC(C)(CO)CO. The summed E-state index contributed by atoms with van der Waals surface area (Å²) in [5.74, 6) is 0.751. The van der Waals surface area contributed by atoms with Crippen LogP contribution in [0.2, 0.25) is 0 Å². The number of aliphatic hydroxyl groups is 2. The largest absolute Gasteiger partial charge is 0.495 e. The molecule has 0 radical (unpaired) electrons. The van der Waals surface area contributed by atoms with Gasteiger partial charge in [-0.25, -0.2) is 0 Å². The van der Waals surface area contributed by atoms with Gasteiger partial charge >= 0.3 is 0 Å². The molecule has 0 aliphatic carbocycles. The van der Waals surface area contributed by atoms with Crippen molar-refractivity contribution in [3.8, 4) is 5.75 Å². The molecule has 0 unspecified atom stereocenters. The predicted octanol–water partition coefficient (Wildman–Crippen LogP) is 1.10. The molecule has 1 rings (SSSR count). The predicted molar refractivity (Wildman–Crippen MR) is 63.8 cm³/mol. The number of hydrogen-bond donors (Lipinski definition) is 3. The van der Waals surface area contributed by atoms with Gasteiger partial charge in [0.05, 0.1) is 26.0 Å². The Hall–Kier alpha value is -1.26. The van der Waals surface area contributed by atoms with Gasteiger partial charge in [-0.2, -0.15) is 0 Å². The summed E-state index contributed by atoms with van der Waals surface area (Å²) >= 11 is 0. The van der Waals surface area contributed by atoms with Crippen LogP contribution in [0, 0.1) is 5.41 Å². The number of methoxy groups -OCH3 is 1. The molecule has 0 amide bonds. The maximum Gasteiger partial charge on any atom is 0.141 e. The summed E-state index contributed by atoms with van der Waals surface area (Å²) in [6.45, 7) is 2.17. The highest BCUT2D eigenvalue weighted by molar-refractivity contribution is 5.56. The van der Waals surface area contributed by atoms with Crippen molar-refractivity contribution in [1.29, 1.82) is 0 Å². The third-order valence-corrected chi connectivity index (χ3v) is 2.58. The molecule has 0 aliphatic rings. The molecule has 0 atom stereocenters. The van der Waals surface area contributed by atoms with Crippen molar-refractivity contribution in [1.82, 2.24) is 0 Å². The Balaban J connectivity index is 2.67. The van der Waals surface area contributed by atoms with Gasteiger partial charge in [-0.3, -0.25) is 0 Å². The molecule has 0 aromatic heterocycles. The smallest absolute Gasteiger partial charge is 0.141 e. The van der Waals surface area contributed by atoms with Crippen LogP contribution in [-0.2, 0) is 0 Å². The Morgan fingerprint density at radius 1 is 1.25 bits per heavy atom. The zero-order valence-corrected chi connectivity index (χ0v) is 9.73. The molecule has 0 heterocycles. The first kappa shape index (κ1) is 12.8. The van der Waals surface area contributed by atoms with E-state index < -0.39 is 5.41 Å². The molecule has 1 aromatic carbocycles. The van der Waals surface area contributed by atoms with Gasteiger partial charge in [0.25, 0.3) is 0 Å². The van der Waals surface area contributed by atoms with Crippen LogP contribution in [0.1, 0.15) is 6.92 Å². The molecular weight excluding hydrogens is 206 g/mol. The maximum absolute atomic E-state index is 9.16. The van der Waals surface area contributed by atoms with E-state index in [4.69, 9.17) is 14.9 Å². The first-order chi connectivity index (χ1) is 7.65. The van der Waals surface area contributed by atoms with Crippen molar-refractivity contribution >= 4 is 5.69 Å². The number of ether oxygens (including phenoxy) is 1. The van der Waals surface area contributed by atoms with Gasteiger partial charge < -0.3 is 20.3 Å². The fourth-order valence-corrected chi connectivity index (χ4v) is 1.26. The van der Waals surface area contributed by atoms with Gasteiger partial charge in [-0.15, -0.1) is 0 Å². The minimum Gasteiger partial charge on any atom is -0.495 e. The lowest BCUT2D eigenvalue weighted by Crippen LogP contribution is -2.34. The lowest BCUT2D eigenvalue weighted by molar-refractivity contribution is 0.0806. The summed E-state index contributed by atoms with van der Waals surface area (Å²) in [6, 6.07) is 7.55. The van der Waals surface area contributed by atoms with Gasteiger partial charge in [0.15, 0.2) is 0 Å². The highest BCUT2D eigenvalue weighted by Gasteiger charge is 2.22. The van der Waals surface area contributed by atoms with Crippen LogP contribution >= 0.6 is 0 Å². The number of rotatable bonds is 6. The van der Waals surface area contributed by atoms with E-state index in [0.29, 0.717) is 6.54 Å². The van der Waals surface area contributed by atoms with E-state index in [0.717, 1.165) is 11.4 Å². The third-order valence-electron chi connectivity index (χ3n) is 2.58. The number of para-hydroxylation sites is 2. The molecule has 0 aliphatic heterocycles. The van der Waals surface area contributed by atoms with Crippen LogP contribution in [0.3, 0.4) is 0 Å². The molecule has 3 N–H and O–H groups in total. The Morgan fingerprint density at radius 2 is 1.88 bits per heavy atom. The van der Waals surface area contributed by atoms with E-state index in [-0.39, 0.29) is 13.2 Å². The Morgan fingerprint density at radius 3 is 2.44 bits per heavy atom. The average Bonchev–Trinajstić information content (AvgIpc) is 2.36. The molecule has 1 aromatic rings. The fourth-order valence-electron chi connectivity index (χ4n) is 1.26. The van der Waals surface area contributed by atoms with Gasteiger partial charge in [0, 0.05) is 12.0 Å². The van der Waals surface area contributed by atoms with Gasteiger partial charge in [-0.05, 0) is 12.1 Å². The van der Waals surface area contributed by atoms with Crippen molar-refractivity contribution in [2.75, 3.05) is 32.2 Å². The van der Waals surface area contributed by atoms with Crippen molar-refractivity contribution in [3.05, 3.63) is 24.3 Å². The minimum atomic E-state index is -0.527. The minimum absolute atomic E-state index is 0.0638. The molecular formula is C12H19NO3. The van der Waals surface area contributed by atoms with Crippen LogP contribution in [0.15, 0.2) is 24.3 Å². The lowest BCUT2D eigenvalue weighted by Gasteiger charge is -2.25. The van der Waals surface area contributed by atoms with Crippen molar-refractivity contribution < 1.29 is 14.9 Å². The number of anilines is 1. The Kier molecular flexibility index (Phi) is 4.58. The van der Waals surface area contributed by atoms with Crippen LogP contribution in [0.4, 0.5) is 5.69 Å². The number of nitrogens with one attached hydrogen (secondary N) is 1. The van der Waals surface area contributed by atoms with E-state index >= 15 is 0 Å². The van der Waals surface area contributed by atoms with E-state index in [1.54, 1.807) is 7.11 Å². The molecule has 0 spiro atoms. The number of hydrogen-bond acceptors (Lipinski definition) is 4. The highest BCUT2D eigenvalue weighted by Crippen LogP contribution is 2.25. The summed E-state index contributed by atoms with van der Waals surface area (Å²) in [6.07, 6.45) is 0. The van der Waals surface area contributed by atoms with Crippen LogP contribution in [-0.4, -0.2) is 37.1 Å². The number of aliphatic hydroxyl groups excluding tert-OH is 2. The highest BCUT2D eigenvalue weighted by atomic mass is 16.5. The monoisotopic (exact) mass is 225 g/mol. The standard InChI is InChI=1S/C12H19NO3/c1-12(8-14,9-15)7-13-10-5-3-4-6-11(10)16-2/h3-6,13-15H,7-9H2,1-2H3. The van der Waals surface area contributed by atoms with E-state index in [1.165, 1.54) is 0 Å². The molecule has 16 heavy (non-hydrogen) atoms. The Bertz CT molecular complexity index is 324. The third kappa shape index (κ3) is 3.12. The molecule has 4 nitrogen and oxygen atoms in total. The molecule has 0 fully saturated rings. The molecule has 0 bridgehead atoms. The van der Waals surface area contributed by atoms with Crippen LogP contribution in [0.5, 0.6) is 5.75 Å². The molecule has 0 saturated carbocycles. The van der Waals surface area contributed by atoms with Gasteiger partial charge in [-0.1, -0.05) is 19.1 Å². The van der Waals surface area contributed by atoms with Crippen LogP contribution in [0.25, 0.3) is 0 Å². The second-order valence-electron chi connectivity index (χ2n) is 4.18. The van der Waals surface area contributed by atoms with E-state index in [1.807, 2.05) is 31.2 Å². The first-order valence-electron chi connectivity index (χ1n) is 5.24.